The van der Waals surface area contributed by atoms with Crippen molar-refractivity contribution in [1.82, 2.24) is 40.2 Å². The number of amidine groups is 1. The Hall–Kier alpha value is -3.89. The van der Waals surface area contributed by atoms with Crippen LogP contribution in [0.25, 0.3) is 0 Å². The maximum Gasteiger partial charge on any atom is 0.393 e. The van der Waals surface area contributed by atoms with Crippen LogP contribution >= 0.6 is 0 Å². The van der Waals surface area contributed by atoms with E-state index in [4.69, 9.17) is 5.41 Å². The van der Waals surface area contributed by atoms with Crippen LogP contribution in [0.2, 0.25) is 0 Å². The molecule has 3 aliphatic rings. The lowest BCUT2D eigenvalue weighted by Crippen LogP contribution is -2.56. The highest BCUT2D eigenvalue weighted by Gasteiger charge is 2.45. The maximum atomic E-state index is 14.1. The van der Waals surface area contributed by atoms with Crippen LogP contribution in [0.5, 0.6) is 0 Å². The van der Waals surface area contributed by atoms with Crippen LogP contribution in [0.15, 0.2) is 23.5 Å². The lowest BCUT2D eigenvalue weighted by molar-refractivity contribution is -0.183. The number of carbonyl (C=O) groups excluding carboxylic acids is 2. The van der Waals surface area contributed by atoms with Crippen molar-refractivity contribution in [2.24, 2.45) is 22.7 Å². The molecule has 0 spiro atoms. The van der Waals surface area contributed by atoms with Crippen molar-refractivity contribution in [3.63, 3.8) is 0 Å². The smallest absolute Gasteiger partial charge is 0.355 e. The standard InChI is InChI=1S/C33H47F5N10O2/c1-5-48-25(8-11-42-48)29(50)44-26(20-6-9-32(34,35)10-7-20)24-19-41-30(43-24)45-27(46-12-14-47(15-13-46)31(2,3)4)23(39)17-21-16-22(33(36,37)38)18-40-28(21)49/h8,11,19-22,26,39H,5-7,9-10,12-18H2,1-4H3,(H,40,49)(H,41,43)(H,44,50)/b39-23?,45-27+/t21-,22-,26+/m1/s1. The van der Waals surface area contributed by atoms with Crippen molar-refractivity contribution in [2.75, 3.05) is 32.7 Å². The summed E-state index contributed by atoms with van der Waals surface area (Å²) in [6, 6.07) is 0.868. The molecule has 276 valence electrons. The number of nitrogens with zero attached hydrogens (tertiary/aromatic N) is 6. The van der Waals surface area contributed by atoms with Crippen molar-refractivity contribution in [3.8, 4) is 0 Å². The van der Waals surface area contributed by atoms with Gasteiger partial charge in [0.05, 0.1) is 29.6 Å². The number of hydrogen-bond donors (Lipinski definition) is 4. The largest absolute Gasteiger partial charge is 0.393 e. The predicted octanol–water partition coefficient (Wildman–Crippen LogP) is 5.09. The Labute approximate surface area is 288 Å². The molecule has 0 radical (unpaired) electrons. The van der Waals surface area contributed by atoms with Gasteiger partial charge in [0.15, 0.2) is 5.84 Å². The van der Waals surface area contributed by atoms with Gasteiger partial charge in [-0.15, -0.1) is 0 Å². The molecule has 50 heavy (non-hydrogen) atoms. The van der Waals surface area contributed by atoms with E-state index in [0.29, 0.717) is 44.1 Å². The minimum Gasteiger partial charge on any atom is -0.355 e. The number of imidazole rings is 1. The Morgan fingerprint density at radius 2 is 1.84 bits per heavy atom. The molecular weight excluding hydrogens is 663 g/mol. The fourth-order valence-corrected chi connectivity index (χ4v) is 7.06. The fourth-order valence-electron chi connectivity index (χ4n) is 7.06. The molecule has 0 aromatic carbocycles. The number of halogens is 5. The van der Waals surface area contributed by atoms with Crippen LogP contribution in [0.4, 0.5) is 27.9 Å². The first-order valence-corrected chi connectivity index (χ1v) is 17.2. The van der Waals surface area contributed by atoms with Gasteiger partial charge in [-0.3, -0.25) is 19.2 Å². The molecule has 0 unspecified atom stereocenters. The molecule has 2 aromatic rings. The van der Waals surface area contributed by atoms with Crippen molar-refractivity contribution in [2.45, 2.75) is 96.4 Å². The second-order valence-corrected chi connectivity index (χ2v) is 14.5. The van der Waals surface area contributed by atoms with E-state index in [1.807, 2.05) is 11.8 Å². The number of aryl methyl sites for hydroxylation is 1. The highest BCUT2D eigenvalue weighted by Crippen LogP contribution is 2.41. The number of piperazine rings is 1. The SMILES string of the molecule is CCn1nccc1C(=O)N[C@H](c1cnc(/N=C(\C(=N)C[C@H]2C[C@@H](C(F)(F)F)CNC2=O)N2CCN(C(C)(C)C)CC2)[nH]1)C1CCC(F)(F)CC1. The topological polar surface area (TPSA) is 147 Å². The molecule has 1 aliphatic carbocycles. The summed E-state index contributed by atoms with van der Waals surface area (Å²) in [6.07, 6.45) is -2.46. The predicted molar refractivity (Wildman–Crippen MR) is 177 cm³/mol. The Balaban J connectivity index is 1.43. The number of aromatic nitrogens is 4. The first-order chi connectivity index (χ1) is 23.4. The summed E-state index contributed by atoms with van der Waals surface area (Å²) in [7, 11) is 0. The van der Waals surface area contributed by atoms with Gasteiger partial charge in [-0.1, -0.05) is 0 Å². The van der Waals surface area contributed by atoms with Gasteiger partial charge in [0.2, 0.25) is 17.8 Å². The van der Waals surface area contributed by atoms with Crippen LogP contribution in [0.1, 0.15) is 88.4 Å². The zero-order chi connectivity index (χ0) is 36.4. The lowest BCUT2D eigenvalue weighted by atomic mass is 9.81. The molecule has 3 atom stereocenters. The summed E-state index contributed by atoms with van der Waals surface area (Å²) < 4.78 is 70.5. The van der Waals surface area contributed by atoms with Crippen molar-refractivity contribution < 1.29 is 31.5 Å². The summed E-state index contributed by atoms with van der Waals surface area (Å²) in [4.78, 5) is 42.4. The average molecular weight is 711 g/mol. The number of aromatic amines is 1. The monoisotopic (exact) mass is 710 g/mol. The third-order valence-electron chi connectivity index (χ3n) is 10.1. The molecule has 2 aromatic heterocycles. The molecule has 2 aliphatic heterocycles. The molecule has 5 rings (SSSR count). The van der Waals surface area contributed by atoms with E-state index < -0.39 is 54.8 Å². The number of H-pyrrole nitrogens is 1. The maximum absolute atomic E-state index is 14.1. The van der Waals surface area contributed by atoms with Gasteiger partial charge >= 0.3 is 6.18 Å². The molecule has 17 heteroatoms. The highest BCUT2D eigenvalue weighted by atomic mass is 19.4. The Kier molecular flexibility index (Phi) is 11.0. The van der Waals surface area contributed by atoms with Gasteiger partial charge in [0.1, 0.15) is 5.69 Å². The third kappa shape index (κ3) is 8.87. The first-order valence-electron chi connectivity index (χ1n) is 17.2. The number of aliphatic imine (C=N–C) groups is 1. The lowest BCUT2D eigenvalue weighted by Gasteiger charge is -2.43. The number of amides is 2. The Morgan fingerprint density at radius 1 is 1.16 bits per heavy atom. The summed E-state index contributed by atoms with van der Waals surface area (Å²) in [5.74, 6) is -6.56. The normalized spacial score (nSPS) is 23.4. The van der Waals surface area contributed by atoms with Gasteiger partial charge in [-0.05, 0) is 58.9 Å². The van der Waals surface area contributed by atoms with Crippen molar-refractivity contribution in [1.29, 1.82) is 5.41 Å². The molecule has 4 heterocycles. The fraction of sp³-hybridized carbons (Fsp3) is 0.697. The minimum absolute atomic E-state index is 0.0817. The summed E-state index contributed by atoms with van der Waals surface area (Å²) in [6.45, 7) is 10.4. The molecule has 2 saturated heterocycles. The van der Waals surface area contributed by atoms with Crippen molar-refractivity contribution >= 4 is 29.3 Å². The van der Waals surface area contributed by atoms with Crippen LogP contribution in [0, 0.1) is 23.2 Å². The molecule has 12 nitrogen and oxygen atoms in total. The van der Waals surface area contributed by atoms with E-state index >= 15 is 0 Å². The second kappa shape index (κ2) is 14.8. The van der Waals surface area contributed by atoms with E-state index in [1.54, 1.807) is 6.07 Å². The van der Waals surface area contributed by atoms with Crippen molar-refractivity contribution in [3.05, 3.63) is 29.8 Å². The molecule has 0 bridgehead atoms. The van der Waals surface area contributed by atoms with Gasteiger partial charge in [-0.2, -0.15) is 23.3 Å². The van der Waals surface area contributed by atoms with Crippen LogP contribution in [0.3, 0.4) is 0 Å². The van der Waals surface area contributed by atoms with E-state index in [1.165, 1.54) is 17.1 Å². The number of hydrogen-bond acceptors (Lipinski definition) is 7. The van der Waals surface area contributed by atoms with E-state index in [0.717, 1.165) is 0 Å². The van der Waals surface area contributed by atoms with Crippen LogP contribution in [-0.2, 0) is 11.3 Å². The van der Waals surface area contributed by atoms with Gasteiger partial charge < -0.3 is 25.9 Å². The van der Waals surface area contributed by atoms with Gasteiger partial charge in [-0.25, -0.2) is 13.8 Å². The quantitative estimate of drug-likeness (QED) is 0.162. The summed E-state index contributed by atoms with van der Waals surface area (Å²) >= 11 is 0. The second-order valence-electron chi connectivity index (χ2n) is 14.5. The van der Waals surface area contributed by atoms with E-state index in [9.17, 15) is 31.5 Å². The number of alkyl halides is 5. The molecule has 4 N–H and O–H groups in total. The van der Waals surface area contributed by atoms with Gasteiger partial charge in [0.25, 0.3) is 5.91 Å². The number of piperidine rings is 1. The van der Waals surface area contributed by atoms with E-state index in [-0.39, 0.29) is 61.1 Å². The van der Waals surface area contributed by atoms with Gasteiger partial charge in [0, 0.05) is 76.2 Å². The number of carbonyl (C=O) groups is 2. The molecule has 3 fully saturated rings. The minimum atomic E-state index is -4.48. The summed E-state index contributed by atoms with van der Waals surface area (Å²) in [5.41, 5.74) is 0.568. The highest BCUT2D eigenvalue weighted by molar-refractivity contribution is 6.40. The Bertz CT molecular complexity index is 1540. The number of rotatable bonds is 9. The first kappa shape index (κ1) is 37.4. The third-order valence-corrected chi connectivity index (χ3v) is 10.1. The van der Waals surface area contributed by atoms with Crippen LogP contribution in [-0.4, -0.2) is 103 Å². The zero-order valence-corrected chi connectivity index (χ0v) is 28.9. The van der Waals surface area contributed by atoms with E-state index in [2.05, 4.69) is 56.4 Å². The average Bonchev–Trinajstić information content (AvgIpc) is 3.73. The number of nitrogens with one attached hydrogen (secondary N) is 4. The molecule has 1 saturated carbocycles. The summed E-state index contributed by atoms with van der Waals surface area (Å²) in [5, 5.41) is 18.5. The molecular formula is C33H47F5N10O2. The Morgan fingerprint density at radius 3 is 2.46 bits per heavy atom. The van der Waals surface area contributed by atoms with Crippen LogP contribution < -0.4 is 10.6 Å². The molecule has 2 amide bonds. The zero-order valence-electron chi connectivity index (χ0n) is 28.9.